The molecule has 1 aliphatic rings. The van der Waals surface area contributed by atoms with Crippen LogP contribution >= 0.6 is 11.8 Å². The topological polar surface area (TPSA) is 34.1 Å². The highest BCUT2D eigenvalue weighted by molar-refractivity contribution is 8.26. The normalized spacial score (nSPS) is 29.4. The van der Waals surface area contributed by atoms with Crippen LogP contribution in [0.2, 0.25) is 0 Å². The summed E-state index contributed by atoms with van der Waals surface area (Å²) in [5.41, 5.74) is 0. The van der Waals surface area contributed by atoms with E-state index < -0.39 is 0 Å². The summed E-state index contributed by atoms with van der Waals surface area (Å²) in [6, 6.07) is 0. The van der Waals surface area contributed by atoms with Gasteiger partial charge in [0.25, 0.3) is 0 Å². The van der Waals surface area contributed by atoms with Crippen molar-refractivity contribution in [1.29, 1.82) is 0 Å². The smallest absolute Gasteiger partial charge is 0.200 e. The van der Waals surface area contributed by atoms with E-state index in [4.69, 9.17) is 0 Å². The highest BCUT2D eigenvalue weighted by Gasteiger charge is 2.45. The van der Waals surface area contributed by atoms with Gasteiger partial charge in [-0.05, 0) is 23.6 Å². The van der Waals surface area contributed by atoms with Crippen LogP contribution in [0.1, 0.15) is 27.7 Å². The van der Waals surface area contributed by atoms with E-state index in [1.807, 2.05) is 27.7 Å². The van der Waals surface area contributed by atoms with E-state index in [1.165, 1.54) is 0 Å². The first-order chi connectivity index (χ1) is 5.95. The Bertz CT molecular complexity index is 209. The molecule has 3 heteroatoms. The van der Waals surface area contributed by atoms with Crippen molar-refractivity contribution in [2.24, 2.45) is 23.7 Å². The maximum atomic E-state index is 11.5. The van der Waals surface area contributed by atoms with Gasteiger partial charge in [0.1, 0.15) is 0 Å². The zero-order chi connectivity index (χ0) is 10.2. The molecular weight excluding hydrogens is 184 g/mol. The third kappa shape index (κ3) is 1.96. The van der Waals surface area contributed by atoms with E-state index in [9.17, 15) is 9.59 Å². The Balaban J connectivity index is 2.90. The Hall–Kier alpha value is -0.310. The summed E-state index contributed by atoms with van der Waals surface area (Å²) in [6.07, 6.45) is 0. The predicted molar refractivity (Wildman–Crippen MR) is 54.3 cm³/mol. The molecule has 0 bridgehead atoms. The lowest BCUT2D eigenvalue weighted by Gasteiger charge is -2.22. The molecule has 1 heterocycles. The van der Waals surface area contributed by atoms with Crippen LogP contribution in [0.5, 0.6) is 0 Å². The molecule has 1 fully saturated rings. The van der Waals surface area contributed by atoms with Crippen LogP contribution < -0.4 is 0 Å². The number of rotatable bonds is 2. The second kappa shape index (κ2) is 3.82. The highest BCUT2D eigenvalue weighted by Crippen LogP contribution is 2.41. The molecule has 74 valence electrons. The van der Waals surface area contributed by atoms with Gasteiger partial charge < -0.3 is 0 Å². The summed E-state index contributed by atoms with van der Waals surface area (Å²) in [5.74, 6) is 0.438. The van der Waals surface area contributed by atoms with Crippen LogP contribution in [-0.2, 0) is 9.59 Å². The Morgan fingerprint density at radius 2 is 1.23 bits per heavy atom. The maximum absolute atomic E-state index is 11.5. The molecule has 0 radical (unpaired) electrons. The monoisotopic (exact) mass is 200 g/mol. The predicted octanol–water partition coefficient (Wildman–Crippen LogP) is 2.33. The van der Waals surface area contributed by atoms with Crippen LogP contribution in [0.3, 0.4) is 0 Å². The van der Waals surface area contributed by atoms with Crippen molar-refractivity contribution in [2.45, 2.75) is 27.7 Å². The molecule has 0 spiro atoms. The first kappa shape index (κ1) is 10.8. The standard InChI is InChI=1S/C10H16O2S/c1-5(2)7-8(6(3)4)10(12)13-9(7)11/h5-8H,1-4H3. The van der Waals surface area contributed by atoms with Gasteiger partial charge in [0.05, 0.1) is 0 Å². The SMILES string of the molecule is CC(C)C1C(=O)SC(=O)C1C(C)C. The van der Waals surface area contributed by atoms with Gasteiger partial charge in [0.15, 0.2) is 0 Å². The van der Waals surface area contributed by atoms with Crippen molar-refractivity contribution in [2.75, 3.05) is 0 Å². The molecule has 1 saturated heterocycles. The molecule has 0 saturated carbocycles. The van der Waals surface area contributed by atoms with E-state index in [-0.39, 0.29) is 33.9 Å². The van der Waals surface area contributed by atoms with E-state index in [0.717, 1.165) is 11.8 Å². The second-order valence-electron chi connectivity index (χ2n) is 4.28. The van der Waals surface area contributed by atoms with Gasteiger partial charge in [-0.2, -0.15) is 0 Å². The van der Waals surface area contributed by atoms with Crippen molar-refractivity contribution >= 4 is 22.0 Å². The molecule has 0 aromatic heterocycles. The van der Waals surface area contributed by atoms with Crippen molar-refractivity contribution in [1.82, 2.24) is 0 Å². The third-order valence-corrected chi connectivity index (χ3v) is 3.52. The van der Waals surface area contributed by atoms with Gasteiger partial charge in [0, 0.05) is 11.8 Å². The average Bonchev–Trinajstić information content (AvgIpc) is 2.24. The zero-order valence-electron chi connectivity index (χ0n) is 8.53. The lowest BCUT2D eigenvalue weighted by Crippen LogP contribution is -2.27. The lowest BCUT2D eigenvalue weighted by atomic mass is 9.79. The van der Waals surface area contributed by atoms with Gasteiger partial charge in [-0.1, -0.05) is 27.7 Å². The van der Waals surface area contributed by atoms with Crippen molar-refractivity contribution in [3.05, 3.63) is 0 Å². The molecule has 0 amide bonds. The summed E-state index contributed by atoms with van der Waals surface area (Å²) < 4.78 is 0. The molecular formula is C10H16O2S. The van der Waals surface area contributed by atoms with Crippen LogP contribution in [0.4, 0.5) is 0 Å². The van der Waals surface area contributed by atoms with E-state index >= 15 is 0 Å². The summed E-state index contributed by atoms with van der Waals surface area (Å²) in [6.45, 7) is 8.04. The van der Waals surface area contributed by atoms with Crippen LogP contribution in [0.15, 0.2) is 0 Å². The molecule has 1 aliphatic heterocycles. The van der Waals surface area contributed by atoms with Gasteiger partial charge in [-0.15, -0.1) is 0 Å². The molecule has 0 aromatic carbocycles. The zero-order valence-corrected chi connectivity index (χ0v) is 9.35. The number of thioether (sulfide) groups is 1. The molecule has 13 heavy (non-hydrogen) atoms. The molecule has 2 nitrogen and oxygen atoms in total. The van der Waals surface area contributed by atoms with Crippen molar-refractivity contribution in [3.8, 4) is 0 Å². The minimum Gasteiger partial charge on any atom is -0.286 e. The summed E-state index contributed by atoms with van der Waals surface area (Å²) in [7, 11) is 0. The van der Waals surface area contributed by atoms with Crippen molar-refractivity contribution < 1.29 is 9.59 Å². The minimum absolute atomic E-state index is 0.0579. The molecule has 2 atom stereocenters. The van der Waals surface area contributed by atoms with Gasteiger partial charge in [-0.3, -0.25) is 9.59 Å². The van der Waals surface area contributed by atoms with Crippen LogP contribution in [-0.4, -0.2) is 10.2 Å². The quantitative estimate of drug-likeness (QED) is 0.686. The maximum Gasteiger partial charge on any atom is 0.200 e. The lowest BCUT2D eigenvalue weighted by molar-refractivity contribution is -0.122. The van der Waals surface area contributed by atoms with E-state index in [1.54, 1.807) is 0 Å². The van der Waals surface area contributed by atoms with Gasteiger partial charge in [0.2, 0.25) is 10.2 Å². The fourth-order valence-electron chi connectivity index (χ4n) is 1.90. The Labute approximate surface area is 83.5 Å². The second-order valence-corrected chi connectivity index (χ2v) is 5.29. The highest BCUT2D eigenvalue weighted by atomic mass is 32.2. The Kier molecular flexibility index (Phi) is 3.17. The average molecular weight is 200 g/mol. The number of carbonyl (C=O) groups is 2. The first-order valence-corrected chi connectivity index (χ1v) is 5.52. The van der Waals surface area contributed by atoms with Gasteiger partial charge in [-0.25, -0.2) is 0 Å². The van der Waals surface area contributed by atoms with Crippen molar-refractivity contribution in [3.63, 3.8) is 0 Å². The molecule has 0 aromatic rings. The first-order valence-electron chi connectivity index (χ1n) is 4.70. The largest absolute Gasteiger partial charge is 0.286 e. The number of hydrogen-bond donors (Lipinski definition) is 0. The van der Waals surface area contributed by atoms with Crippen LogP contribution in [0.25, 0.3) is 0 Å². The fraction of sp³-hybridized carbons (Fsp3) is 0.800. The third-order valence-electron chi connectivity index (χ3n) is 2.57. The molecule has 2 unspecified atom stereocenters. The summed E-state index contributed by atoms with van der Waals surface area (Å²) >= 11 is 0.915. The molecule has 0 aliphatic carbocycles. The number of hydrogen-bond acceptors (Lipinski definition) is 3. The van der Waals surface area contributed by atoms with E-state index in [0.29, 0.717) is 0 Å². The molecule has 1 rings (SSSR count). The van der Waals surface area contributed by atoms with E-state index in [2.05, 4.69) is 0 Å². The Morgan fingerprint density at radius 3 is 1.46 bits per heavy atom. The van der Waals surface area contributed by atoms with Gasteiger partial charge >= 0.3 is 0 Å². The minimum atomic E-state index is -0.0579. The summed E-state index contributed by atoms with van der Waals surface area (Å²) in [5, 5.41) is 0.136. The molecule has 0 N–H and O–H groups in total. The summed E-state index contributed by atoms with van der Waals surface area (Å²) in [4.78, 5) is 23.0. The Morgan fingerprint density at radius 1 is 0.923 bits per heavy atom. The fourth-order valence-corrected chi connectivity index (χ4v) is 3.21. The number of carbonyl (C=O) groups excluding carboxylic acids is 2. The van der Waals surface area contributed by atoms with Crippen LogP contribution in [0, 0.1) is 23.7 Å².